The molecule has 3 aromatic rings. The van der Waals surface area contributed by atoms with Gasteiger partial charge in [0.1, 0.15) is 16.3 Å². The normalized spacial score (nSPS) is 19.4. The van der Waals surface area contributed by atoms with Crippen LogP contribution >= 0.6 is 27.3 Å². The Morgan fingerprint density at radius 1 is 1.24 bits per heavy atom. The summed E-state index contributed by atoms with van der Waals surface area (Å²) in [4.78, 5) is 31.3. The quantitative estimate of drug-likeness (QED) is 0.500. The van der Waals surface area contributed by atoms with E-state index in [2.05, 4.69) is 26.2 Å². The molecule has 2 aromatic heterocycles. The van der Waals surface area contributed by atoms with Crippen molar-refractivity contribution < 1.29 is 13.2 Å². The molecule has 1 aliphatic heterocycles. The second-order valence-electron chi connectivity index (χ2n) is 9.14. The number of hydrogen-bond acceptors (Lipinski definition) is 6. The van der Waals surface area contributed by atoms with Gasteiger partial charge in [-0.05, 0) is 65.7 Å². The van der Waals surface area contributed by atoms with E-state index in [1.165, 1.54) is 22.0 Å². The predicted molar refractivity (Wildman–Crippen MR) is 138 cm³/mol. The van der Waals surface area contributed by atoms with Gasteiger partial charge in [0.15, 0.2) is 0 Å². The Hall–Kier alpha value is -2.08. The number of benzene rings is 1. The van der Waals surface area contributed by atoms with Gasteiger partial charge in [0.05, 0.1) is 17.4 Å². The lowest BCUT2D eigenvalue weighted by Gasteiger charge is -2.34. The predicted octanol–water partition coefficient (Wildman–Crippen LogP) is 4.14. The summed E-state index contributed by atoms with van der Waals surface area (Å²) >= 11 is 4.60. The number of carbonyl (C=O) groups is 1. The number of thiophene rings is 1. The van der Waals surface area contributed by atoms with Gasteiger partial charge in [0, 0.05) is 22.4 Å². The van der Waals surface area contributed by atoms with Crippen LogP contribution in [0, 0.1) is 25.7 Å². The number of rotatable bonds is 5. The maximum atomic E-state index is 13.6. The largest absolute Gasteiger partial charge is 0.324 e. The molecule has 1 aromatic carbocycles. The molecule has 34 heavy (non-hydrogen) atoms. The maximum Gasteiger partial charge on any atom is 0.263 e. The molecule has 8 nitrogen and oxygen atoms in total. The van der Waals surface area contributed by atoms with Crippen LogP contribution in [0.5, 0.6) is 0 Å². The number of anilines is 1. The van der Waals surface area contributed by atoms with Gasteiger partial charge in [0.25, 0.3) is 5.56 Å². The van der Waals surface area contributed by atoms with E-state index in [0.29, 0.717) is 28.5 Å². The minimum absolute atomic E-state index is 0.0161. The summed E-state index contributed by atoms with van der Waals surface area (Å²) in [7, 11) is -3.88. The second kappa shape index (κ2) is 9.52. The molecule has 0 radical (unpaired) electrons. The molecule has 0 aliphatic carbocycles. The summed E-state index contributed by atoms with van der Waals surface area (Å²) in [6.07, 6.45) is 2.27. The standard InChI is InChI=1S/C23H27BrN4O4S2/c1-13-5-6-18(17(24)8-13)26-19(29)11-27-12-25-22-20(23(27)30)21(16(4)33-22)34(31,32)28-9-14(2)7-15(3)10-28/h5-6,8,12,14-15H,7,9-11H2,1-4H3,(H,26,29)/t14-,15+. The van der Waals surface area contributed by atoms with Crippen LogP contribution in [0.2, 0.25) is 0 Å². The molecule has 0 bridgehead atoms. The first-order chi connectivity index (χ1) is 16.0. The number of halogens is 1. The highest BCUT2D eigenvalue weighted by molar-refractivity contribution is 9.10. The zero-order valence-corrected chi connectivity index (χ0v) is 22.7. The van der Waals surface area contributed by atoms with Crippen LogP contribution in [0.1, 0.15) is 30.7 Å². The van der Waals surface area contributed by atoms with Gasteiger partial charge in [-0.2, -0.15) is 4.31 Å². The molecule has 1 aliphatic rings. The van der Waals surface area contributed by atoms with Crippen LogP contribution < -0.4 is 10.9 Å². The number of aryl methyl sites for hydroxylation is 2. The van der Waals surface area contributed by atoms with Crippen LogP contribution in [0.4, 0.5) is 5.69 Å². The van der Waals surface area contributed by atoms with Gasteiger partial charge in [0.2, 0.25) is 15.9 Å². The monoisotopic (exact) mass is 566 g/mol. The molecule has 1 fully saturated rings. The Bertz CT molecular complexity index is 1420. The second-order valence-corrected chi connectivity index (χ2v) is 13.1. The highest BCUT2D eigenvalue weighted by Crippen LogP contribution is 2.35. The molecule has 0 spiro atoms. The Morgan fingerprint density at radius 3 is 2.56 bits per heavy atom. The van der Waals surface area contributed by atoms with Gasteiger partial charge in [-0.1, -0.05) is 19.9 Å². The number of aromatic nitrogens is 2. The van der Waals surface area contributed by atoms with Gasteiger partial charge in [-0.15, -0.1) is 11.3 Å². The highest BCUT2D eigenvalue weighted by Gasteiger charge is 2.35. The van der Waals surface area contributed by atoms with Gasteiger partial charge < -0.3 is 5.32 Å². The van der Waals surface area contributed by atoms with Crippen LogP contribution in [-0.4, -0.2) is 41.3 Å². The maximum absolute atomic E-state index is 13.6. The zero-order valence-electron chi connectivity index (χ0n) is 19.5. The van der Waals surface area contributed by atoms with Crippen molar-refractivity contribution in [2.75, 3.05) is 18.4 Å². The molecule has 1 N–H and O–H groups in total. The summed E-state index contributed by atoms with van der Waals surface area (Å²) < 4.78 is 30.7. The molecular formula is C23H27BrN4O4S2. The number of carbonyl (C=O) groups excluding carboxylic acids is 1. The van der Waals surface area contributed by atoms with Crippen molar-refractivity contribution in [2.24, 2.45) is 11.8 Å². The number of nitrogens with one attached hydrogen (secondary N) is 1. The lowest BCUT2D eigenvalue weighted by atomic mass is 9.94. The van der Waals surface area contributed by atoms with Crippen molar-refractivity contribution in [3.05, 3.63) is 49.8 Å². The van der Waals surface area contributed by atoms with Gasteiger partial charge in [-0.3, -0.25) is 14.2 Å². The van der Waals surface area contributed by atoms with Crippen molar-refractivity contribution in [3.8, 4) is 0 Å². The van der Waals surface area contributed by atoms with E-state index in [4.69, 9.17) is 0 Å². The fourth-order valence-electron chi connectivity index (χ4n) is 4.53. The summed E-state index contributed by atoms with van der Waals surface area (Å²) in [5.74, 6) is 0.0643. The zero-order chi connectivity index (χ0) is 24.8. The van der Waals surface area contributed by atoms with Crippen molar-refractivity contribution in [3.63, 3.8) is 0 Å². The first-order valence-electron chi connectivity index (χ1n) is 11.0. The molecular weight excluding hydrogens is 540 g/mol. The van der Waals surface area contributed by atoms with Crippen molar-refractivity contribution in [1.29, 1.82) is 0 Å². The van der Waals surface area contributed by atoms with Gasteiger partial charge >= 0.3 is 0 Å². The Morgan fingerprint density at radius 2 is 1.91 bits per heavy atom. The summed E-state index contributed by atoms with van der Waals surface area (Å²) in [5, 5.41) is 2.83. The first kappa shape index (κ1) is 25.0. The van der Waals surface area contributed by atoms with E-state index < -0.39 is 21.5 Å². The number of nitrogens with zero attached hydrogens (tertiary/aromatic N) is 3. The number of hydrogen-bond donors (Lipinski definition) is 1. The molecule has 0 unspecified atom stereocenters. The van der Waals surface area contributed by atoms with Gasteiger partial charge in [-0.25, -0.2) is 13.4 Å². The lowest BCUT2D eigenvalue weighted by Crippen LogP contribution is -2.42. The molecule has 0 saturated carbocycles. The van der Waals surface area contributed by atoms with Crippen molar-refractivity contribution in [1.82, 2.24) is 13.9 Å². The third-order valence-electron chi connectivity index (χ3n) is 5.95. The minimum Gasteiger partial charge on any atom is -0.324 e. The Balaban J connectivity index is 1.69. The fraction of sp³-hybridized carbons (Fsp3) is 0.435. The number of fused-ring (bicyclic) bond motifs is 1. The van der Waals surface area contributed by atoms with Crippen molar-refractivity contribution in [2.45, 2.75) is 45.6 Å². The van der Waals surface area contributed by atoms with E-state index in [1.807, 2.05) is 32.9 Å². The molecule has 1 amide bonds. The number of sulfonamides is 1. The molecule has 3 heterocycles. The van der Waals surface area contributed by atoms with E-state index in [0.717, 1.165) is 21.0 Å². The molecule has 11 heteroatoms. The smallest absolute Gasteiger partial charge is 0.263 e. The van der Waals surface area contributed by atoms with Crippen LogP contribution in [0.3, 0.4) is 0 Å². The third kappa shape index (κ3) is 4.84. The lowest BCUT2D eigenvalue weighted by molar-refractivity contribution is -0.116. The Labute approximate surface area is 211 Å². The molecule has 2 atom stereocenters. The number of amides is 1. The van der Waals surface area contributed by atoms with E-state index in [-0.39, 0.29) is 28.7 Å². The summed E-state index contributed by atoms with van der Waals surface area (Å²) in [5.41, 5.74) is 1.08. The van der Waals surface area contributed by atoms with E-state index in [1.54, 1.807) is 13.0 Å². The number of piperidine rings is 1. The fourth-order valence-corrected chi connectivity index (χ4v) is 8.47. The SMILES string of the molecule is Cc1ccc(NC(=O)Cn2cnc3sc(C)c(S(=O)(=O)N4C[C@H](C)C[C@H](C)C4)c3c2=O)c(Br)c1. The Kier molecular flexibility index (Phi) is 7.01. The van der Waals surface area contributed by atoms with Crippen LogP contribution in [-0.2, 0) is 21.4 Å². The van der Waals surface area contributed by atoms with E-state index >= 15 is 0 Å². The van der Waals surface area contributed by atoms with Crippen LogP contribution in [0.25, 0.3) is 10.2 Å². The third-order valence-corrected chi connectivity index (χ3v) is 9.75. The topological polar surface area (TPSA) is 101 Å². The minimum atomic E-state index is -3.88. The first-order valence-corrected chi connectivity index (χ1v) is 14.1. The van der Waals surface area contributed by atoms with E-state index in [9.17, 15) is 18.0 Å². The summed E-state index contributed by atoms with van der Waals surface area (Å²) in [6.45, 7) is 8.27. The average Bonchev–Trinajstić information content (AvgIpc) is 3.09. The van der Waals surface area contributed by atoms with Crippen LogP contribution in [0.15, 0.2) is 38.7 Å². The average molecular weight is 568 g/mol. The molecule has 4 rings (SSSR count). The van der Waals surface area contributed by atoms with Crippen molar-refractivity contribution >= 4 is 59.1 Å². The highest BCUT2D eigenvalue weighted by atomic mass is 79.9. The molecule has 182 valence electrons. The molecule has 1 saturated heterocycles. The summed E-state index contributed by atoms with van der Waals surface area (Å²) in [6, 6.07) is 5.52.